The smallest absolute Gasteiger partial charge is 0.343 e. The second-order valence-corrected chi connectivity index (χ2v) is 5.56. The fourth-order valence-electron chi connectivity index (χ4n) is 2.09. The Morgan fingerprint density at radius 2 is 2.21 bits per heavy atom. The number of rotatable bonds is 3. The number of carbonyl (C=O) groups is 2. The number of nitrogens with zero attached hydrogens (tertiary/aromatic N) is 1. The molecule has 1 aliphatic heterocycles. The van der Waals surface area contributed by atoms with E-state index in [0.29, 0.717) is 0 Å². The zero-order valence-corrected chi connectivity index (χ0v) is 11.7. The van der Waals surface area contributed by atoms with Crippen LogP contribution in [0.15, 0.2) is 28.7 Å². The first kappa shape index (κ1) is 14.0. The van der Waals surface area contributed by atoms with Gasteiger partial charge in [-0.15, -0.1) is 0 Å². The lowest BCUT2D eigenvalue weighted by Gasteiger charge is -2.17. The van der Waals surface area contributed by atoms with E-state index in [9.17, 15) is 14.0 Å². The SMILES string of the molecule is O=C(Cc1cccc(Br)c1)N1CCC(F)(C(=O)O)C1. The standard InChI is InChI=1S/C13H13BrFNO3/c14-10-3-1-2-9(6-10)7-11(17)16-5-4-13(15,8-16)12(18)19/h1-3,6H,4-5,7-8H2,(H,18,19). The van der Waals surface area contributed by atoms with E-state index in [-0.39, 0.29) is 31.8 Å². The highest BCUT2D eigenvalue weighted by molar-refractivity contribution is 9.10. The summed E-state index contributed by atoms with van der Waals surface area (Å²) in [5.41, 5.74) is -1.49. The molecule has 1 heterocycles. The Morgan fingerprint density at radius 3 is 2.79 bits per heavy atom. The number of hydrogen-bond acceptors (Lipinski definition) is 2. The fraction of sp³-hybridized carbons (Fsp3) is 0.385. The number of carbonyl (C=O) groups excluding carboxylic acids is 1. The average molecular weight is 330 g/mol. The number of carboxylic acid groups (broad SMARTS) is 1. The van der Waals surface area contributed by atoms with Crippen LogP contribution in [0.4, 0.5) is 4.39 Å². The topological polar surface area (TPSA) is 57.6 Å². The summed E-state index contributed by atoms with van der Waals surface area (Å²) >= 11 is 3.31. The maximum atomic E-state index is 13.8. The Balaban J connectivity index is 2.01. The fourth-order valence-corrected chi connectivity index (χ4v) is 2.54. The predicted octanol–water partition coefficient (Wildman–Crippen LogP) is 2.02. The summed E-state index contributed by atoms with van der Waals surface area (Å²) in [6.45, 7) is -0.217. The number of amides is 1. The van der Waals surface area contributed by atoms with Crippen LogP contribution in [0.5, 0.6) is 0 Å². The predicted molar refractivity (Wildman–Crippen MR) is 70.5 cm³/mol. The van der Waals surface area contributed by atoms with Gasteiger partial charge in [0.05, 0.1) is 13.0 Å². The van der Waals surface area contributed by atoms with Crippen molar-refractivity contribution in [1.82, 2.24) is 4.90 Å². The lowest BCUT2D eigenvalue weighted by atomic mass is 10.1. The van der Waals surface area contributed by atoms with Crippen molar-refractivity contribution in [2.45, 2.75) is 18.5 Å². The number of benzene rings is 1. The Kier molecular flexibility index (Phi) is 3.89. The zero-order valence-electron chi connectivity index (χ0n) is 10.1. The van der Waals surface area contributed by atoms with E-state index < -0.39 is 11.6 Å². The monoisotopic (exact) mass is 329 g/mol. The highest BCUT2D eigenvalue weighted by Gasteiger charge is 2.46. The van der Waals surface area contributed by atoms with Gasteiger partial charge >= 0.3 is 5.97 Å². The molecule has 1 fully saturated rings. The van der Waals surface area contributed by atoms with E-state index in [4.69, 9.17) is 5.11 Å². The third-order valence-corrected chi connectivity index (χ3v) is 3.69. The van der Waals surface area contributed by atoms with Gasteiger partial charge in [-0.1, -0.05) is 28.1 Å². The van der Waals surface area contributed by atoms with Crippen LogP contribution in [0.1, 0.15) is 12.0 Å². The molecule has 0 aromatic heterocycles. The molecule has 0 bridgehead atoms. The minimum atomic E-state index is -2.30. The highest BCUT2D eigenvalue weighted by atomic mass is 79.9. The average Bonchev–Trinajstić information content (AvgIpc) is 2.73. The van der Waals surface area contributed by atoms with Crippen molar-refractivity contribution in [3.8, 4) is 0 Å². The molecule has 6 heteroatoms. The number of carboxylic acids is 1. The summed E-state index contributed by atoms with van der Waals surface area (Å²) < 4.78 is 14.7. The maximum absolute atomic E-state index is 13.8. The molecule has 0 spiro atoms. The van der Waals surface area contributed by atoms with E-state index in [0.717, 1.165) is 10.0 Å². The number of alkyl halides is 1. The quantitative estimate of drug-likeness (QED) is 0.922. The summed E-state index contributed by atoms with van der Waals surface area (Å²) in [5.74, 6) is -1.75. The van der Waals surface area contributed by atoms with Crippen molar-refractivity contribution in [2.75, 3.05) is 13.1 Å². The van der Waals surface area contributed by atoms with Crippen molar-refractivity contribution < 1.29 is 19.1 Å². The molecule has 1 aromatic rings. The number of hydrogen-bond donors (Lipinski definition) is 1. The lowest BCUT2D eigenvalue weighted by Crippen LogP contribution is -2.39. The van der Waals surface area contributed by atoms with Crippen LogP contribution in [-0.2, 0) is 16.0 Å². The van der Waals surface area contributed by atoms with Crippen LogP contribution >= 0.6 is 15.9 Å². The number of likely N-dealkylation sites (tertiary alicyclic amines) is 1. The molecule has 1 atom stereocenters. The molecule has 1 unspecified atom stereocenters. The van der Waals surface area contributed by atoms with E-state index >= 15 is 0 Å². The number of aliphatic carboxylic acids is 1. The molecular formula is C13H13BrFNO3. The summed E-state index contributed by atoms with van der Waals surface area (Å²) in [6, 6.07) is 7.28. The first-order valence-electron chi connectivity index (χ1n) is 5.85. The van der Waals surface area contributed by atoms with E-state index in [1.807, 2.05) is 18.2 Å². The van der Waals surface area contributed by atoms with Crippen molar-refractivity contribution in [3.05, 3.63) is 34.3 Å². The van der Waals surface area contributed by atoms with Gasteiger partial charge in [-0.05, 0) is 17.7 Å². The van der Waals surface area contributed by atoms with Crippen molar-refractivity contribution in [3.63, 3.8) is 0 Å². The number of halogens is 2. The van der Waals surface area contributed by atoms with Crippen LogP contribution in [-0.4, -0.2) is 40.6 Å². The van der Waals surface area contributed by atoms with E-state index in [1.54, 1.807) is 6.07 Å². The largest absolute Gasteiger partial charge is 0.479 e. The van der Waals surface area contributed by atoms with Gasteiger partial charge < -0.3 is 10.0 Å². The van der Waals surface area contributed by atoms with Gasteiger partial charge in [0.1, 0.15) is 0 Å². The highest BCUT2D eigenvalue weighted by Crippen LogP contribution is 2.26. The van der Waals surface area contributed by atoms with Gasteiger partial charge in [0.15, 0.2) is 0 Å². The zero-order chi connectivity index (χ0) is 14.0. The molecule has 0 aliphatic carbocycles. The Bertz CT molecular complexity index is 522. The molecule has 102 valence electrons. The first-order chi connectivity index (χ1) is 8.90. The second-order valence-electron chi connectivity index (χ2n) is 4.64. The second kappa shape index (κ2) is 5.28. The molecule has 19 heavy (non-hydrogen) atoms. The Hall–Kier alpha value is -1.43. The molecule has 1 amide bonds. The van der Waals surface area contributed by atoms with Gasteiger partial charge in [0.2, 0.25) is 11.6 Å². The van der Waals surface area contributed by atoms with Gasteiger partial charge in [-0.2, -0.15) is 0 Å². The summed E-state index contributed by atoms with van der Waals surface area (Å²) in [5, 5.41) is 8.78. The van der Waals surface area contributed by atoms with Gasteiger partial charge in [0, 0.05) is 17.4 Å². The van der Waals surface area contributed by atoms with Crippen LogP contribution in [0, 0.1) is 0 Å². The molecule has 2 rings (SSSR count). The van der Waals surface area contributed by atoms with Crippen LogP contribution in [0.2, 0.25) is 0 Å². The molecule has 4 nitrogen and oxygen atoms in total. The minimum absolute atomic E-state index is 0.146. The summed E-state index contributed by atoms with van der Waals surface area (Å²) in [6.07, 6.45) is 0.00168. The molecule has 0 saturated carbocycles. The molecule has 1 saturated heterocycles. The van der Waals surface area contributed by atoms with Gasteiger partial charge in [0.25, 0.3) is 0 Å². The van der Waals surface area contributed by atoms with E-state index in [2.05, 4.69) is 15.9 Å². The molecule has 1 aromatic carbocycles. The van der Waals surface area contributed by atoms with Crippen LogP contribution < -0.4 is 0 Å². The van der Waals surface area contributed by atoms with Gasteiger partial charge in [-0.25, -0.2) is 9.18 Å². The molecule has 1 N–H and O–H groups in total. The lowest BCUT2D eigenvalue weighted by molar-refractivity contribution is -0.150. The maximum Gasteiger partial charge on any atom is 0.343 e. The van der Waals surface area contributed by atoms with Crippen molar-refractivity contribution >= 4 is 27.8 Å². The van der Waals surface area contributed by atoms with Crippen molar-refractivity contribution in [2.24, 2.45) is 0 Å². The normalized spacial score (nSPS) is 22.5. The third kappa shape index (κ3) is 3.12. The van der Waals surface area contributed by atoms with Gasteiger partial charge in [-0.3, -0.25) is 4.79 Å². The van der Waals surface area contributed by atoms with Crippen molar-refractivity contribution in [1.29, 1.82) is 0 Å². The Morgan fingerprint density at radius 1 is 1.47 bits per heavy atom. The third-order valence-electron chi connectivity index (χ3n) is 3.20. The Labute approximate surface area is 118 Å². The molecule has 1 aliphatic rings. The van der Waals surface area contributed by atoms with Crippen LogP contribution in [0.3, 0.4) is 0 Å². The minimum Gasteiger partial charge on any atom is -0.479 e. The summed E-state index contributed by atoms with van der Waals surface area (Å²) in [7, 11) is 0. The van der Waals surface area contributed by atoms with Crippen LogP contribution in [0.25, 0.3) is 0 Å². The molecular weight excluding hydrogens is 317 g/mol. The molecule has 0 radical (unpaired) electrons. The first-order valence-corrected chi connectivity index (χ1v) is 6.64. The summed E-state index contributed by atoms with van der Waals surface area (Å²) in [4.78, 5) is 24.0. The van der Waals surface area contributed by atoms with E-state index in [1.165, 1.54) is 4.90 Å².